The third-order valence-electron chi connectivity index (χ3n) is 4.15. The van der Waals surface area contributed by atoms with Crippen LogP contribution in [0.5, 0.6) is 0 Å². The predicted octanol–water partition coefficient (Wildman–Crippen LogP) is 3.04. The van der Waals surface area contributed by atoms with Gasteiger partial charge in [-0.15, -0.1) is 0 Å². The van der Waals surface area contributed by atoms with Crippen LogP contribution in [-0.2, 0) is 9.59 Å². The molecule has 1 heterocycles. The van der Waals surface area contributed by atoms with E-state index in [1.807, 2.05) is 30.3 Å². The Morgan fingerprint density at radius 3 is 2.28 bits per heavy atom. The van der Waals surface area contributed by atoms with Crippen LogP contribution >= 0.6 is 11.6 Å². The summed E-state index contributed by atoms with van der Waals surface area (Å²) in [6.45, 7) is 0.831. The summed E-state index contributed by atoms with van der Waals surface area (Å²) in [4.78, 5) is 22.9. The Kier molecular flexibility index (Phi) is 8.76. The fourth-order valence-electron chi connectivity index (χ4n) is 2.78. The number of hydrogen-bond acceptors (Lipinski definition) is 3. The molecule has 154 valence electrons. The molecule has 2 aromatic rings. The molecule has 8 heteroatoms. The second kappa shape index (κ2) is 11.3. The summed E-state index contributed by atoms with van der Waals surface area (Å²) in [5.74, 6) is -2.37. The molecule has 0 atom stereocenters. The SMILES string of the molecule is Clc1ccccc1.NC(=O)CCNC(=O)C1=C(c2c(F)cccc2F)CCNC1. The summed E-state index contributed by atoms with van der Waals surface area (Å²) < 4.78 is 27.9. The lowest BCUT2D eigenvalue weighted by Crippen LogP contribution is -2.36. The number of halogens is 3. The van der Waals surface area contributed by atoms with Crippen molar-refractivity contribution in [2.75, 3.05) is 19.6 Å². The van der Waals surface area contributed by atoms with Crippen molar-refractivity contribution < 1.29 is 18.4 Å². The molecule has 0 unspecified atom stereocenters. The van der Waals surface area contributed by atoms with E-state index in [2.05, 4.69) is 10.6 Å². The van der Waals surface area contributed by atoms with E-state index in [1.165, 1.54) is 6.07 Å². The van der Waals surface area contributed by atoms with Crippen LogP contribution in [0.15, 0.2) is 54.1 Å². The molecule has 0 bridgehead atoms. The highest BCUT2D eigenvalue weighted by Crippen LogP contribution is 2.29. The number of nitrogens with one attached hydrogen (secondary N) is 2. The number of carbonyl (C=O) groups excluding carboxylic acids is 2. The Labute approximate surface area is 172 Å². The standard InChI is InChI=1S/C15H17F2N3O2.C6H5Cl/c16-11-2-1-3-12(17)14(11)9-4-6-19-8-10(9)15(22)20-7-5-13(18)21;7-6-4-2-1-3-5-6/h1-3,19H,4-8H2,(H2,18,21)(H,20,22);1-5H. The largest absolute Gasteiger partial charge is 0.370 e. The van der Waals surface area contributed by atoms with Gasteiger partial charge in [0.15, 0.2) is 0 Å². The Morgan fingerprint density at radius 1 is 1.07 bits per heavy atom. The van der Waals surface area contributed by atoms with E-state index in [4.69, 9.17) is 17.3 Å². The van der Waals surface area contributed by atoms with Crippen molar-refractivity contribution in [3.05, 3.63) is 76.3 Å². The van der Waals surface area contributed by atoms with E-state index in [9.17, 15) is 18.4 Å². The first-order chi connectivity index (χ1) is 13.9. The second-order valence-electron chi connectivity index (χ2n) is 6.25. The number of nitrogens with two attached hydrogens (primary N) is 1. The number of benzene rings is 2. The molecule has 1 aliphatic rings. The zero-order valence-corrected chi connectivity index (χ0v) is 16.4. The van der Waals surface area contributed by atoms with Gasteiger partial charge in [0.2, 0.25) is 11.8 Å². The van der Waals surface area contributed by atoms with Crippen LogP contribution in [0.2, 0.25) is 5.02 Å². The van der Waals surface area contributed by atoms with Crippen LogP contribution in [0.1, 0.15) is 18.4 Å². The topological polar surface area (TPSA) is 84.2 Å². The maximum absolute atomic E-state index is 13.9. The summed E-state index contributed by atoms with van der Waals surface area (Å²) in [6, 6.07) is 13.0. The van der Waals surface area contributed by atoms with Crippen LogP contribution in [0.25, 0.3) is 5.57 Å². The number of carbonyl (C=O) groups is 2. The van der Waals surface area contributed by atoms with Gasteiger partial charge in [-0.2, -0.15) is 0 Å². The third-order valence-corrected chi connectivity index (χ3v) is 4.40. The molecule has 29 heavy (non-hydrogen) atoms. The zero-order valence-electron chi connectivity index (χ0n) is 15.7. The van der Waals surface area contributed by atoms with E-state index in [0.717, 1.165) is 17.2 Å². The van der Waals surface area contributed by atoms with Crippen LogP contribution in [-0.4, -0.2) is 31.4 Å². The fraction of sp³-hybridized carbons (Fsp3) is 0.238. The van der Waals surface area contributed by atoms with Crippen molar-refractivity contribution >= 4 is 29.0 Å². The van der Waals surface area contributed by atoms with Crippen LogP contribution in [0.4, 0.5) is 8.78 Å². The molecule has 0 saturated heterocycles. The average Bonchev–Trinajstić information content (AvgIpc) is 2.69. The first-order valence-electron chi connectivity index (χ1n) is 9.04. The van der Waals surface area contributed by atoms with Gasteiger partial charge in [0.1, 0.15) is 11.6 Å². The minimum Gasteiger partial charge on any atom is -0.370 e. The summed E-state index contributed by atoms with van der Waals surface area (Å²) in [7, 11) is 0. The van der Waals surface area contributed by atoms with Crippen LogP contribution in [0, 0.1) is 11.6 Å². The Balaban J connectivity index is 0.000000360. The maximum Gasteiger partial charge on any atom is 0.248 e. The molecule has 1 aliphatic heterocycles. The Bertz CT molecular complexity index is 868. The van der Waals surface area contributed by atoms with Gasteiger partial charge in [-0.3, -0.25) is 9.59 Å². The normalized spacial score (nSPS) is 13.3. The molecule has 0 spiro atoms. The van der Waals surface area contributed by atoms with Crippen LogP contribution < -0.4 is 16.4 Å². The molecule has 0 fully saturated rings. The highest BCUT2D eigenvalue weighted by atomic mass is 35.5. The quantitative estimate of drug-likeness (QED) is 0.693. The molecule has 2 aromatic carbocycles. The smallest absolute Gasteiger partial charge is 0.248 e. The van der Waals surface area contributed by atoms with Gasteiger partial charge in [0.25, 0.3) is 0 Å². The first kappa shape index (κ1) is 22.5. The predicted molar refractivity (Wildman–Crippen MR) is 109 cm³/mol. The summed E-state index contributed by atoms with van der Waals surface area (Å²) in [5, 5.41) is 6.33. The van der Waals surface area contributed by atoms with E-state index < -0.39 is 23.4 Å². The molecule has 4 N–H and O–H groups in total. The monoisotopic (exact) mass is 421 g/mol. The fourth-order valence-corrected chi connectivity index (χ4v) is 2.93. The van der Waals surface area contributed by atoms with Crippen molar-refractivity contribution in [3.63, 3.8) is 0 Å². The minimum atomic E-state index is -0.695. The highest BCUT2D eigenvalue weighted by molar-refractivity contribution is 6.30. The van der Waals surface area contributed by atoms with Gasteiger partial charge >= 0.3 is 0 Å². The summed E-state index contributed by atoms with van der Waals surface area (Å²) in [6.07, 6.45) is 0.353. The average molecular weight is 422 g/mol. The van der Waals surface area contributed by atoms with Crippen LogP contribution in [0.3, 0.4) is 0 Å². The molecule has 5 nitrogen and oxygen atoms in total. The van der Waals surface area contributed by atoms with E-state index in [-0.39, 0.29) is 30.6 Å². The minimum absolute atomic E-state index is 0.00976. The van der Waals surface area contributed by atoms with E-state index in [0.29, 0.717) is 18.5 Å². The van der Waals surface area contributed by atoms with E-state index >= 15 is 0 Å². The van der Waals surface area contributed by atoms with Crippen molar-refractivity contribution in [1.29, 1.82) is 0 Å². The lowest BCUT2D eigenvalue weighted by atomic mass is 9.93. The second-order valence-corrected chi connectivity index (χ2v) is 6.68. The lowest BCUT2D eigenvalue weighted by Gasteiger charge is -2.22. The summed E-state index contributed by atoms with van der Waals surface area (Å²) >= 11 is 5.54. The Hall–Kier alpha value is -2.77. The zero-order chi connectivity index (χ0) is 21.2. The van der Waals surface area contributed by atoms with Crippen molar-refractivity contribution in [1.82, 2.24) is 10.6 Å². The molecule has 0 radical (unpaired) electrons. The molecule has 0 saturated carbocycles. The number of rotatable bonds is 5. The summed E-state index contributed by atoms with van der Waals surface area (Å²) in [5.41, 5.74) is 5.47. The lowest BCUT2D eigenvalue weighted by molar-refractivity contribution is -0.118. The molecule has 0 aliphatic carbocycles. The molecule has 2 amide bonds. The Morgan fingerprint density at radius 2 is 1.72 bits per heavy atom. The van der Waals surface area contributed by atoms with Gasteiger partial charge in [0.05, 0.1) is 0 Å². The van der Waals surface area contributed by atoms with Gasteiger partial charge in [-0.1, -0.05) is 35.9 Å². The molecular formula is C21H22ClF2N3O2. The van der Waals surface area contributed by atoms with Crippen molar-refractivity contribution in [3.8, 4) is 0 Å². The van der Waals surface area contributed by atoms with Gasteiger partial charge in [-0.25, -0.2) is 8.78 Å². The number of amides is 2. The van der Waals surface area contributed by atoms with Gasteiger partial charge < -0.3 is 16.4 Å². The number of primary amides is 1. The van der Waals surface area contributed by atoms with Crippen molar-refractivity contribution in [2.24, 2.45) is 5.73 Å². The first-order valence-corrected chi connectivity index (χ1v) is 9.42. The number of hydrogen-bond donors (Lipinski definition) is 3. The molecule has 0 aromatic heterocycles. The van der Waals surface area contributed by atoms with E-state index in [1.54, 1.807) is 0 Å². The maximum atomic E-state index is 13.9. The highest BCUT2D eigenvalue weighted by Gasteiger charge is 2.24. The van der Waals surface area contributed by atoms with Gasteiger partial charge in [0, 0.05) is 35.7 Å². The third kappa shape index (κ3) is 6.96. The van der Waals surface area contributed by atoms with Gasteiger partial charge in [-0.05, 0) is 42.8 Å². The molecular weight excluding hydrogens is 400 g/mol. The van der Waals surface area contributed by atoms with Crippen molar-refractivity contribution in [2.45, 2.75) is 12.8 Å². The molecule has 3 rings (SSSR count).